The number of hydrogen-bond acceptors (Lipinski definition) is 3. The summed E-state index contributed by atoms with van der Waals surface area (Å²) in [6.45, 7) is 10.6. The van der Waals surface area contributed by atoms with Crippen molar-refractivity contribution in [1.82, 2.24) is 0 Å². The monoisotopic (exact) mass is 386 g/mol. The van der Waals surface area contributed by atoms with Crippen molar-refractivity contribution in [1.29, 1.82) is 0 Å². The molecule has 3 heteroatoms. The molecular formula is C25H38O3. The fourth-order valence-electron chi connectivity index (χ4n) is 8.34. The van der Waals surface area contributed by atoms with Crippen molar-refractivity contribution < 1.29 is 14.7 Å². The Morgan fingerprint density at radius 3 is 2.39 bits per heavy atom. The van der Waals surface area contributed by atoms with Crippen molar-refractivity contribution in [2.24, 2.45) is 46.3 Å². The van der Waals surface area contributed by atoms with E-state index in [9.17, 15) is 14.7 Å². The molecule has 1 N–H and O–H groups in total. The summed E-state index contributed by atoms with van der Waals surface area (Å²) in [4.78, 5) is 25.9. The second-order valence-electron chi connectivity index (χ2n) is 11.0. The molecule has 0 bridgehead atoms. The van der Waals surface area contributed by atoms with Crippen LogP contribution in [-0.4, -0.2) is 22.8 Å². The van der Waals surface area contributed by atoms with Gasteiger partial charge in [0.15, 0.2) is 5.78 Å². The fraction of sp³-hybridized carbons (Fsp3) is 0.840. The van der Waals surface area contributed by atoms with Gasteiger partial charge in [0.05, 0.1) is 6.10 Å². The highest BCUT2D eigenvalue weighted by atomic mass is 16.3. The van der Waals surface area contributed by atoms with Gasteiger partial charge in [-0.2, -0.15) is 0 Å². The number of Topliss-reactive ketones (excluding diaryl/α,β-unsaturated/α-hetero) is 2. The summed E-state index contributed by atoms with van der Waals surface area (Å²) in [6, 6.07) is 0. The van der Waals surface area contributed by atoms with E-state index in [1.807, 2.05) is 6.92 Å². The summed E-state index contributed by atoms with van der Waals surface area (Å²) in [7, 11) is 0. The molecule has 4 rings (SSSR count). The second kappa shape index (κ2) is 6.79. The molecule has 4 saturated carbocycles. The van der Waals surface area contributed by atoms with Gasteiger partial charge in [-0.1, -0.05) is 26.8 Å². The summed E-state index contributed by atoms with van der Waals surface area (Å²) in [6.07, 6.45) is 8.85. The first-order chi connectivity index (χ1) is 13.1. The van der Waals surface area contributed by atoms with E-state index in [1.165, 1.54) is 0 Å². The number of carbonyl (C=O) groups excluding carboxylic acids is 2. The number of hydrogen-bond donors (Lipinski definition) is 1. The SMILES string of the molecule is C/C=C1/C(=O)[C@@H]2[C@H](CC[C@]3(C)[C@@H]([C@H](C)C(C)=O)CC[C@@H]23)[C@@]2(C)CC[C@@H](O)C[C@@H]12. The number of allylic oxidation sites excluding steroid dienone is 2. The Labute approximate surface area is 170 Å². The molecule has 0 aromatic rings. The van der Waals surface area contributed by atoms with Gasteiger partial charge < -0.3 is 5.11 Å². The highest BCUT2D eigenvalue weighted by Gasteiger charge is 2.64. The minimum Gasteiger partial charge on any atom is -0.393 e. The summed E-state index contributed by atoms with van der Waals surface area (Å²) in [5, 5.41) is 10.3. The molecule has 3 nitrogen and oxygen atoms in total. The van der Waals surface area contributed by atoms with Crippen molar-refractivity contribution in [3.05, 3.63) is 11.6 Å². The van der Waals surface area contributed by atoms with Crippen LogP contribution < -0.4 is 0 Å². The van der Waals surface area contributed by atoms with Crippen molar-refractivity contribution in [2.45, 2.75) is 85.7 Å². The zero-order chi connectivity index (χ0) is 20.4. The van der Waals surface area contributed by atoms with Gasteiger partial charge in [-0.05, 0) is 98.9 Å². The summed E-state index contributed by atoms with van der Waals surface area (Å²) < 4.78 is 0. The average Bonchev–Trinajstić information content (AvgIpc) is 3.00. The van der Waals surface area contributed by atoms with E-state index in [0.717, 1.165) is 50.5 Å². The van der Waals surface area contributed by atoms with Crippen molar-refractivity contribution in [3.63, 3.8) is 0 Å². The predicted octanol–water partition coefficient (Wildman–Crippen LogP) is 4.97. The molecule has 0 aromatic heterocycles. The summed E-state index contributed by atoms with van der Waals surface area (Å²) >= 11 is 0. The van der Waals surface area contributed by atoms with E-state index in [1.54, 1.807) is 6.92 Å². The third-order valence-corrected chi connectivity index (χ3v) is 10.0. The standard InChI is InChI=1S/C25H38O3/c1-6-17-21-13-16(27)9-11-25(21,5)20-10-12-24(4)18(14(2)15(3)26)7-8-19(24)22(20)23(17)28/h6,14,16,18-22,27H,7-13H2,1-5H3/b17-6+/t14-,16-,18-,19+,20+,21+,22+,24-,25-/m1/s1. The summed E-state index contributed by atoms with van der Waals surface area (Å²) in [5.74, 6) is 2.35. The maximum atomic E-state index is 13.8. The van der Waals surface area contributed by atoms with Crippen LogP contribution in [0.3, 0.4) is 0 Å². The van der Waals surface area contributed by atoms with Crippen molar-refractivity contribution in [3.8, 4) is 0 Å². The van der Waals surface area contributed by atoms with Crippen LogP contribution in [0.15, 0.2) is 11.6 Å². The molecule has 0 spiro atoms. The maximum absolute atomic E-state index is 13.8. The number of aliphatic hydroxyl groups is 1. The fourth-order valence-corrected chi connectivity index (χ4v) is 8.34. The first-order valence-corrected chi connectivity index (χ1v) is 11.5. The Balaban J connectivity index is 1.73. The van der Waals surface area contributed by atoms with Crippen LogP contribution in [0.4, 0.5) is 0 Å². The largest absolute Gasteiger partial charge is 0.393 e. The molecule has 0 aromatic carbocycles. The van der Waals surface area contributed by atoms with Gasteiger partial charge in [0.1, 0.15) is 5.78 Å². The van der Waals surface area contributed by atoms with E-state index in [2.05, 4.69) is 26.8 Å². The molecule has 4 aliphatic carbocycles. The van der Waals surface area contributed by atoms with Gasteiger partial charge >= 0.3 is 0 Å². The first-order valence-electron chi connectivity index (χ1n) is 11.5. The number of ketones is 2. The van der Waals surface area contributed by atoms with Crippen LogP contribution in [0.2, 0.25) is 0 Å². The molecule has 0 unspecified atom stereocenters. The number of rotatable bonds is 2. The molecule has 0 aliphatic heterocycles. The van der Waals surface area contributed by atoms with E-state index >= 15 is 0 Å². The number of fused-ring (bicyclic) bond motifs is 5. The zero-order valence-electron chi connectivity index (χ0n) is 18.3. The molecule has 0 saturated heterocycles. The third kappa shape index (κ3) is 2.64. The van der Waals surface area contributed by atoms with E-state index in [0.29, 0.717) is 29.3 Å². The van der Waals surface area contributed by atoms with Crippen LogP contribution >= 0.6 is 0 Å². The average molecular weight is 387 g/mol. The third-order valence-electron chi connectivity index (χ3n) is 10.0. The molecule has 0 heterocycles. The van der Waals surface area contributed by atoms with Crippen molar-refractivity contribution >= 4 is 11.6 Å². The molecule has 28 heavy (non-hydrogen) atoms. The first kappa shape index (κ1) is 20.3. The van der Waals surface area contributed by atoms with Gasteiger partial charge in [-0.3, -0.25) is 9.59 Å². The normalized spacial score (nSPS) is 50.6. The van der Waals surface area contributed by atoms with Gasteiger partial charge in [-0.15, -0.1) is 0 Å². The van der Waals surface area contributed by atoms with Crippen LogP contribution in [0.25, 0.3) is 0 Å². The number of aliphatic hydroxyl groups excluding tert-OH is 1. The quantitative estimate of drug-likeness (QED) is 0.682. The lowest BCUT2D eigenvalue weighted by molar-refractivity contribution is -0.150. The summed E-state index contributed by atoms with van der Waals surface area (Å²) in [5.41, 5.74) is 1.23. The Morgan fingerprint density at radius 1 is 1.11 bits per heavy atom. The predicted molar refractivity (Wildman–Crippen MR) is 111 cm³/mol. The molecule has 156 valence electrons. The Morgan fingerprint density at radius 2 is 1.75 bits per heavy atom. The molecule has 0 radical (unpaired) electrons. The lowest BCUT2D eigenvalue weighted by Crippen LogP contribution is -2.58. The van der Waals surface area contributed by atoms with Gasteiger partial charge in [0.25, 0.3) is 0 Å². The van der Waals surface area contributed by atoms with Crippen LogP contribution in [0, 0.1) is 46.3 Å². The van der Waals surface area contributed by atoms with E-state index in [4.69, 9.17) is 0 Å². The van der Waals surface area contributed by atoms with Crippen LogP contribution in [-0.2, 0) is 9.59 Å². The van der Waals surface area contributed by atoms with Crippen molar-refractivity contribution in [2.75, 3.05) is 0 Å². The Hall–Kier alpha value is -0.960. The second-order valence-corrected chi connectivity index (χ2v) is 11.0. The highest BCUT2D eigenvalue weighted by molar-refractivity contribution is 5.99. The molecular weight excluding hydrogens is 348 g/mol. The van der Waals surface area contributed by atoms with E-state index < -0.39 is 0 Å². The smallest absolute Gasteiger partial charge is 0.162 e. The van der Waals surface area contributed by atoms with E-state index in [-0.39, 0.29) is 34.7 Å². The lowest BCUT2D eigenvalue weighted by atomic mass is 9.43. The zero-order valence-corrected chi connectivity index (χ0v) is 18.3. The Bertz CT molecular complexity index is 709. The lowest BCUT2D eigenvalue weighted by Gasteiger charge is -2.60. The van der Waals surface area contributed by atoms with Gasteiger partial charge in [0.2, 0.25) is 0 Å². The minimum absolute atomic E-state index is 0.0968. The maximum Gasteiger partial charge on any atom is 0.162 e. The number of carbonyl (C=O) groups is 2. The minimum atomic E-state index is -0.265. The van der Waals surface area contributed by atoms with Crippen LogP contribution in [0.5, 0.6) is 0 Å². The molecule has 4 fully saturated rings. The highest BCUT2D eigenvalue weighted by Crippen LogP contribution is 2.68. The molecule has 4 aliphatic rings. The van der Waals surface area contributed by atoms with Gasteiger partial charge in [0, 0.05) is 11.8 Å². The van der Waals surface area contributed by atoms with Crippen LogP contribution in [0.1, 0.15) is 79.6 Å². The molecule has 9 atom stereocenters. The topological polar surface area (TPSA) is 54.4 Å². The molecule has 0 amide bonds. The Kier molecular flexibility index (Phi) is 4.93. The van der Waals surface area contributed by atoms with Gasteiger partial charge in [-0.25, -0.2) is 0 Å².